The van der Waals surface area contributed by atoms with Gasteiger partial charge < -0.3 is 5.11 Å². The molecule has 0 aromatic carbocycles. The Morgan fingerprint density at radius 3 is 2.76 bits per heavy atom. The first-order valence-corrected chi connectivity index (χ1v) is 6.88. The van der Waals surface area contributed by atoms with Crippen molar-refractivity contribution in [1.82, 2.24) is 9.78 Å². The Balaban J connectivity index is 1.65. The molecule has 0 radical (unpaired) electrons. The smallest absolute Gasteiger partial charge is 0.0623 e. The summed E-state index contributed by atoms with van der Waals surface area (Å²) in [6, 6.07) is 2.11. The first-order valence-electron chi connectivity index (χ1n) is 6.88. The summed E-state index contributed by atoms with van der Waals surface area (Å²) in [5.74, 6) is 2.44. The third kappa shape index (κ3) is 2.13. The lowest BCUT2D eigenvalue weighted by Crippen LogP contribution is -2.23. The Morgan fingerprint density at radius 2 is 2.12 bits per heavy atom. The Kier molecular flexibility index (Phi) is 2.74. The second-order valence-electron chi connectivity index (χ2n) is 5.85. The quantitative estimate of drug-likeness (QED) is 0.867. The Morgan fingerprint density at radius 1 is 1.41 bits per heavy atom. The number of hydrogen-bond donors (Lipinski definition) is 1. The number of fused-ring (bicyclic) bond motifs is 1. The topological polar surface area (TPSA) is 38.0 Å². The summed E-state index contributed by atoms with van der Waals surface area (Å²) in [4.78, 5) is 0. The van der Waals surface area contributed by atoms with Crippen LogP contribution in [0.5, 0.6) is 0 Å². The fourth-order valence-corrected chi connectivity index (χ4v) is 3.49. The molecule has 1 N–H and O–H groups in total. The van der Waals surface area contributed by atoms with Gasteiger partial charge in [-0.2, -0.15) is 5.10 Å². The molecule has 94 valence electrons. The van der Waals surface area contributed by atoms with Crippen LogP contribution in [0.25, 0.3) is 0 Å². The second-order valence-corrected chi connectivity index (χ2v) is 5.85. The highest BCUT2D eigenvalue weighted by molar-refractivity contribution is 5.11. The van der Waals surface area contributed by atoms with Crippen molar-refractivity contribution in [2.24, 2.45) is 17.8 Å². The van der Waals surface area contributed by atoms with Gasteiger partial charge in [0, 0.05) is 18.7 Å². The van der Waals surface area contributed by atoms with Gasteiger partial charge in [-0.1, -0.05) is 0 Å². The van der Waals surface area contributed by atoms with Gasteiger partial charge in [0.05, 0.1) is 11.8 Å². The van der Waals surface area contributed by atoms with E-state index >= 15 is 0 Å². The standard InChI is InChI=1S/C14H22N2O/c1-3-16-13(4-9(2)15-16)8-14(17)12-6-10-5-11(10)7-12/h4,10-12,14,17H,3,5-8H2,1-2H3. The molecule has 1 heterocycles. The van der Waals surface area contributed by atoms with Crippen LogP contribution in [0.15, 0.2) is 6.07 Å². The molecule has 0 aliphatic heterocycles. The van der Waals surface area contributed by atoms with Crippen LogP contribution in [0.2, 0.25) is 0 Å². The van der Waals surface area contributed by atoms with Crippen molar-refractivity contribution in [3.63, 3.8) is 0 Å². The summed E-state index contributed by atoms with van der Waals surface area (Å²) in [7, 11) is 0. The fraction of sp³-hybridized carbons (Fsp3) is 0.786. The van der Waals surface area contributed by atoms with Crippen molar-refractivity contribution < 1.29 is 5.11 Å². The highest BCUT2D eigenvalue weighted by atomic mass is 16.3. The Hall–Kier alpha value is -0.830. The van der Waals surface area contributed by atoms with Gasteiger partial charge in [-0.3, -0.25) is 4.68 Å². The lowest BCUT2D eigenvalue weighted by Gasteiger charge is -2.19. The molecule has 1 aromatic heterocycles. The predicted octanol–water partition coefficient (Wildman–Crippen LogP) is 2.16. The number of rotatable bonds is 4. The third-order valence-electron chi connectivity index (χ3n) is 4.53. The van der Waals surface area contributed by atoms with E-state index in [-0.39, 0.29) is 6.10 Å². The van der Waals surface area contributed by atoms with Crippen molar-refractivity contribution in [2.75, 3.05) is 0 Å². The van der Waals surface area contributed by atoms with E-state index in [4.69, 9.17) is 0 Å². The van der Waals surface area contributed by atoms with Crippen LogP contribution in [0.3, 0.4) is 0 Å². The average molecular weight is 234 g/mol. The number of aliphatic hydroxyl groups is 1. The SMILES string of the molecule is CCn1nc(C)cc1CC(O)C1CC2CC2C1. The van der Waals surface area contributed by atoms with Crippen LogP contribution in [-0.2, 0) is 13.0 Å². The maximum atomic E-state index is 10.3. The van der Waals surface area contributed by atoms with E-state index < -0.39 is 0 Å². The molecule has 17 heavy (non-hydrogen) atoms. The molecule has 3 unspecified atom stereocenters. The summed E-state index contributed by atoms with van der Waals surface area (Å²) in [5.41, 5.74) is 2.25. The van der Waals surface area contributed by atoms with E-state index in [9.17, 15) is 5.11 Å². The van der Waals surface area contributed by atoms with Crippen molar-refractivity contribution in [3.8, 4) is 0 Å². The van der Waals surface area contributed by atoms with Crippen LogP contribution < -0.4 is 0 Å². The Bertz CT molecular complexity index is 402. The molecule has 0 spiro atoms. The second kappa shape index (κ2) is 4.13. The van der Waals surface area contributed by atoms with Crippen LogP contribution in [0.4, 0.5) is 0 Å². The summed E-state index contributed by atoms with van der Waals surface area (Å²) in [6.45, 7) is 5.02. The van der Waals surface area contributed by atoms with E-state index in [2.05, 4.69) is 18.1 Å². The molecule has 1 aromatic rings. The van der Waals surface area contributed by atoms with Gasteiger partial charge in [0.25, 0.3) is 0 Å². The van der Waals surface area contributed by atoms with Crippen molar-refractivity contribution in [2.45, 2.75) is 52.2 Å². The van der Waals surface area contributed by atoms with Crippen LogP contribution in [0.1, 0.15) is 37.6 Å². The monoisotopic (exact) mass is 234 g/mol. The molecule has 2 aliphatic rings. The zero-order valence-electron chi connectivity index (χ0n) is 10.8. The summed E-state index contributed by atoms with van der Waals surface area (Å²) >= 11 is 0. The fourth-order valence-electron chi connectivity index (χ4n) is 3.49. The maximum Gasteiger partial charge on any atom is 0.0623 e. The molecule has 2 fully saturated rings. The summed E-state index contributed by atoms with van der Waals surface area (Å²) < 4.78 is 2.02. The lowest BCUT2D eigenvalue weighted by molar-refractivity contribution is 0.102. The summed E-state index contributed by atoms with van der Waals surface area (Å²) in [6.07, 6.45) is 4.55. The van der Waals surface area contributed by atoms with Gasteiger partial charge in [0.2, 0.25) is 0 Å². The molecular formula is C14H22N2O. The molecule has 3 nitrogen and oxygen atoms in total. The highest BCUT2D eigenvalue weighted by Crippen LogP contribution is 2.55. The van der Waals surface area contributed by atoms with Crippen LogP contribution in [0, 0.1) is 24.7 Å². The maximum absolute atomic E-state index is 10.3. The van der Waals surface area contributed by atoms with E-state index in [0.29, 0.717) is 5.92 Å². The van der Waals surface area contributed by atoms with Crippen LogP contribution >= 0.6 is 0 Å². The third-order valence-corrected chi connectivity index (χ3v) is 4.53. The molecule has 0 saturated heterocycles. The van der Waals surface area contributed by atoms with Gasteiger partial charge in [-0.25, -0.2) is 0 Å². The first-order chi connectivity index (χ1) is 8.17. The summed E-state index contributed by atoms with van der Waals surface area (Å²) in [5, 5.41) is 14.8. The normalized spacial score (nSPS) is 32.5. The average Bonchev–Trinajstić information content (AvgIpc) is 2.75. The van der Waals surface area contributed by atoms with Gasteiger partial charge in [0.15, 0.2) is 0 Å². The van der Waals surface area contributed by atoms with Crippen molar-refractivity contribution >= 4 is 0 Å². The zero-order valence-corrected chi connectivity index (χ0v) is 10.8. The minimum Gasteiger partial charge on any atom is -0.392 e. The number of hydrogen-bond acceptors (Lipinski definition) is 2. The molecule has 0 amide bonds. The number of aromatic nitrogens is 2. The van der Waals surface area contributed by atoms with Crippen molar-refractivity contribution in [3.05, 3.63) is 17.5 Å². The van der Waals surface area contributed by atoms with Gasteiger partial charge in [-0.05, 0) is 56.9 Å². The van der Waals surface area contributed by atoms with E-state index in [1.165, 1.54) is 25.0 Å². The lowest BCUT2D eigenvalue weighted by atomic mass is 9.93. The molecular weight excluding hydrogens is 212 g/mol. The van der Waals surface area contributed by atoms with Crippen molar-refractivity contribution in [1.29, 1.82) is 0 Å². The van der Waals surface area contributed by atoms with Crippen LogP contribution in [-0.4, -0.2) is 21.0 Å². The largest absolute Gasteiger partial charge is 0.392 e. The number of aryl methyl sites for hydroxylation is 2. The molecule has 0 bridgehead atoms. The first kappa shape index (κ1) is 11.3. The zero-order chi connectivity index (χ0) is 12.0. The van der Waals surface area contributed by atoms with E-state index in [1.807, 2.05) is 11.6 Å². The molecule has 3 heteroatoms. The Labute approximate surface area is 103 Å². The number of nitrogens with zero attached hydrogens (tertiary/aromatic N) is 2. The minimum atomic E-state index is -0.163. The van der Waals surface area contributed by atoms with E-state index in [0.717, 1.165) is 30.5 Å². The van der Waals surface area contributed by atoms with Gasteiger partial charge in [-0.15, -0.1) is 0 Å². The minimum absolute atomic E-state index is 0.163. The van der Waals surface area contributed by atoms with E-state index in [1.54, 1.807) is 0 Å². The molecule has 2 aliphatic carbocycles. The number of aliphatic hydroxyl groups excluding tert-OH is 1. The highest BCUT2D eigenvalue weighted by Gasteiger charge is 2.47. The predicted molar refractivity (Wildman–Crippen MR) is 66.7 cm³/mol. The van der Waals surface area contributed by atoms with Gasteiger partial charge >= 0.3 is 0 Å². The molecule has 2 saturated carbocycles. The molecule has 3 rings (SSSR count). The van der Waals surface area contributed by atoms with Gasteiger partial charge in [0.1, 0.15) is 0 Å². The molecule has 3 atom stereocenters.